The molecule has 0 radical (unpaired) electrons. The lowest BCUT2D eigenvalue weighted by Gasteiger charge is -2.25. The van der Waals surface area contributed by atoms with Crippen LogP contribution < -0.4 is 0 Å². The molecule has 1 heterocycles. The summed E-state index contributed by atoms with van der Waals surface area (Å²) in [5, 5.41) is 11.0. The first-order chi connectivity index (χ1) is 7.99. The van der Waals surface area contributed by atoms with Gasteiger partial charge >= 0.3 is 0 Å². The highest BCUT2D eigenvalue weighted by molar-refractivity contribution is 6.83. The summed E-state index contributed by atoms with van der Waals surface area (Å²) < 4.78 is 0. The Bertz CT molecular complexity index is 480. The fourth-order valence-electron chi connectivity index (χ4n) is 2.47. The zero-order chi connectivity index (χ0) is 12.5. The van der Waals surface area contributed by atoms with E-state index < -0.39 is 8.07 Å². The molecule has 0 saturated carbocycles. The van der Waals surface area contributed by atoms with Gasteiger partial charge in [-0.15, -0.1) is 0 Å². The molecule has 3 nitrogen and oxygen atoms in total. The monoisotopic (exact) mass is 247 g/mol. The lowest BCUT2D eigenvalue weighted by molar-refractivity contribution is -0.385. The Morgan fingerprint density at radius 1 is 1.29 bits per heavy atom. The van der Waals surface area contributed by atoms with Crippen LogP contribution in [0, 0.1) is 10.1 Å². The first-order valence-corrected chi connectivity index (χ1v) is 9.24. The first-order valence-electron chi connectivity index (χ1n) is 5.95. The normalized spacial score (nSPS) is 18.6. The molecule has 0 saturated heterocycles. The molecular weight excluding hydrogens is 230 g/mol. The van der Waals surface area contributed by atoms with Crippen LogP contribution in [0.25, 0.3) is 5.57 Å². The Morgan fingerprint density at radius 2 is 2.00 bits per heavy atom. The minimum absolute atomic E-state index is 0.241. The van der Waals surface area contributed by atoms with E-state index >= 15 is 0 Å². The third kappa shape index (κ3) is 2.64. The third-order valence-corrected chi connectivity index (χ3v) is 6.05. The molecule has 0 aromatic heterocycles. The molecule has 0 aliphatic carbocycles. The van der Waals surface area contributed by atoms with E-state index in [1.807, 2.05) is 12.1 Å². The van der Waals surface area contributed by atoms with Crippen molar-refractivity contribution in [3.05, 3.63) is 45.6 Å². The average Bonchev–Trinajstić information content (AvgIpc) is 2.27. The average molecular weight is 247 g/mol. The predicted molar refractivity (Wildman–Crippen MR) is 72.6 cm³/mol. The summed E-state index contributed by atoms with van der Waals surface area (Å²) in [5.41, 5.74) is 4.57. The minimum atomic E-state index is -1.28. The van der Waals surface area contributed by atoms with Crippen LogP contribution in [0.2, 0.25) is 19.1 Å². The van der Waals surface area contributed by atoms with E-state index in [1.54, 1.807) is 12.1 Å². The standard InChI is InChI=1S/C13H17NO2Si/c1-17(2)9-5-6-11(10-17)12-7-3-4-8-13(12)14(15)16/h3-4,7-8,10H,5-6,9H2,1-2H3. The van der Waals surface area contributed by atoms with E-state index in [9.17, 15) is 10.1 Å². The summed E-state index contributed by atoms with van der Waals surface area (Å²) in [5.74, 6) is 0. The number of nitrogens with zero attached hydrogens (tertiary/aromatic N) is 1. The van der Waals surface area contributed by atoms with Gasteiger partial charge in [0, 0.05) is 6.07 Å². The van der Waals surface area contributed by atoms with Gasteiger partial charge in [0.1, 0.15) is 0 Å². The molecule has 0 unspecified atom stereocenters. The van der Waals surface area contributed by atoms with Crippen molar-refractivity contribution >= 4 is 19.3 Å². The highest BCUT2D eigenvalue weighted by Gasteiger charge is 2.25. The second kappa shape index (κ2) is 4.45. The van der Waals surface area contributed by atoms with Crippen molar-refractivity contribution in [2.24, 2.45) is 0 Å². The van der Waals surface area contributed by atoms with Crippen LogP contribution >= 0.6 is 0 Å². The Balaban J connectivity index is 2.47. The summed E-state index contributed by atoms with van der Waals surface area (Å²) in [6.45, 7) is 4.64. The molecule has 1 aliphatic heterocycles. The van der Waals surface area contributed by atoms with Crippen molar-refractivity contribution in [2.45, 2.75) is 32.0 Å². The highest BCUT2D eigenvalue weighted by atomic mass is 28.3. The van der Waals surface area contributed by atoms with Crippen molar-refractivity contribution in [1.82, 2.24) is 0 Å². The van der Waals surface area contributed by atoms with Gasteiger partial charge in [-0.1, -0.05) is 43.4 Å². The van der Waals surface area contributed by atoms with Gasteiger partial charge in [0.25, 0.3) is 5.69 Å². The number of hydrogen-bond donors (Lipinski definition) is 0. The lowest BCUT2D eigenvalue weighted by Crippen LogP contribution is -2.25. The molecular formula is C13H17NO2Si. The Labute approximate surface area is 102 Å². The van der Waals surface area contributed by atoms with E-state index in [2.05, 4.69) is 18.8 Å². The predicted octanol–water partition coefficient (Wildman–Crippen LogP) is 4.02. The molecule has 0 atom stereocenters. The van der Waals surface area contributed by atoms with Crippen LogP contribution in [-0.2, 0) is 0 Å². The molecule has 0 bridgehead atoms. The Hall–Kier alpha value is -1.42. The summed E-state index contributed by atoms with van der Waals surface area (Å²) in [4.78, 5) is 10.7. The number of benzene rings is 1. The number of nitro groups is 1. The van der Waals surface area contributed by atoms with Crippen molar-refractivity contribution in [3.8, 4) is 0 Å². The fourth-order valence-corrected chi connectivity index (χ4v) is 4.94. The Morgan fingerprint density at radius 3 is 2.65 bits per heavy atom. The van der Waals surface area contributed by atoms with Crippen molar-refractivity contribution in [3.63, 3.8) is 0 Å². The maximum Gasteiger partial charge on any atom is 0.276 e. The number of rotatable bonds is 2. The minimum Gasteiger partial charge on any atom is -0.258 e. The quantitative estimate of drug-likeness (QED) is 0.450. The van der Waals surface area contributed by atoms with E-state index in [1.165, 1.54) is 11.6 Å². The summed E-state index contributed by atoms with van der Waals surface area (Å²) >= 11 is 0. The highest BCUT2D eigenvalue weighted by Crippen LogP contribution is 2.35. The number of nitro benzene ring substituents is 1. The molecule has 0 amide bonds. The van der Waals surface area contributed by atoms with E-state index in [-0.39, 0.29) is 10.6 Å². The smallest absolute Gasteiger partial charge is 0.258 e. The van der Waals surface area contributed by atoms with Gasteiger partial charge in [-0.05, 0) is 18.1 Å². The van der Waals surface area contributed by atoms with Gasteiger partial charge in [-0.2, -0.15) is 0 Å². The van der Waals surface area contributed by atoms with Crippen LogP contribution in [0.4, 0.5) is 5.69 Å². The molecule has 0 spiro atoms. The topological polar surface area (TPSA) is 43.1 Å². The van der Waals surface area contributed by atoms with E-state index in [0.29, 0.717) is 0 Å². The molecule has 2 rings (SSSR count). The second-order valence-corrected chi connectivity index (χ2v) is 10.1. The third-order valence-electron chi connectivity index (χ3n) is 3.28. The molecule has 1 aliphatic rings. The van der Waals surface area contributed by atoms with Gasteiger partial charge in [-0.25, -0.2) is 0 Å². The van der Waals surface area contributed by atoms with Gasteiger partial charge in [-0.3, -0.25) is 10.1 Å². The summed E-state index contributed by atoms with van der Waals surface area (Å²) in [7, 11) is -1.28. The maximum absolute atomic E-state index is 11.0. The maximum atomic E-state index is 11.0. The number of hydrogen-bond acceptors (Lipinski definition) is 2. The molecule has 0 fully saturated rings. The molecule has 1 aromatic carbocycles. The van der Waals surface area contributed by atoms with E-state index in [0.717, 1.165) is 18.4 Å². The fraction of sp³-hybridized carbons (Fsp3) is 0.385. The number of para-hydroxylation sites is 1. The van der Waals surface area contributed by atoms with Crippen LogP contribution in [0.1, 0.15) is 18.4 Å². The number of allylic oxidation sites excluding steroid dienone is 1. The molecule has 1 aromatic rings. The van der Waals surface area contributed by atoms with Gasteiger partial charge < -0.3 is 0 Å². The van der Waals surface area contributed by atoms with Crippen LogP contribution in [0.5, 0.6) is 0 Å². The van der Waals surface area contributed by atoms with E-state index in [4.69, 9.17) is 0 Å². The van der Waals surface area contributed by atoms with Crippen molar-refractivity contribution in [1.29, 1.82) is 0 Å². The summed E-state index contributed by atoms with van der Waals surface area (Å²) in [6, 6.07) is 8.37. The summed E-state index contributed by atoms with van der Waals surface area (Å²) in [6.07, 6.45) is 2.14. The molecule has 90 valence electrons. The van der Waals surface area contributed by atoms with Crippen molar-refractivity contribution in [2.75, 3.05) is 0 Å². The lowest BCUT2D eigenvalue weighted by atomic mass is 10.0. The first kappa shape index (κ1) is 12.0. The molecule has 4 heteroatoms. The second-order valence-electron chi connectivity index (χ2n) is 5.29. The van der Waals surface area contributed by atoms with Crippen LogP contribution in [0.15, 0.2) is 30.0 Å². The van der Waals surface area contributed by atoms with Crippen LogP contribution in [-0.4, -0.2) is 13.0 Å². The Kier molecular flexibility index (Phi) is 3.15. The largest absolute Gasteiger partial charge is 0.276 e. The molecule has 17 heavy (non-hydrogen) atoms. The zero-order valence-electron chi connectivity index (χ0n) is 10.3. The SMILES string of the molecule is C[Si]1(C)C=C(c2ccccc2[N+](=O)[O-])CCC1. The van der Waals surface area contributed by atoms with Crippen molar-refractivity contribution < 1.29 is 4.92 Å². The van der Waals surface area contributed by atoms with Crippen LogP contribution in [0.3, 0.4) is 0 Å². The molecule has 0 N–H and O–H groups in total. The zero-order valence-corrected chi connectivity index (χ0v) is 11.3. The van der Waals surface area contributed by atoms with Gasteiger partial charge in [0.05, 0.1) is 18.6 Å². The van der Waals surface area contributed by atoms with Gasteiger partial charge in [0.2, 0.25) is 0 Å². The van der Waals surface area contributed by atoms with Gasteiger partial charge in [0.15, 0.2) is 0 Å².